The minimum atomic E-state index is -0.125. The van der Waals surface area contributed by atoms with Crippen LogP contribution in [0.3, 0.4) is 0 Å². The van der Waals surface area contributed by atoms with E-state index in [-0.39, 0.29) is 13.2 Å². The van der Waals surface area contributed by atoms with Crippen molar-refractivity contribution in [1.29, 1.82) is 0 Å². The number of hydrogen-bond acceptors (Lipinski definition) is 3. The second-order valence-corrected chi connectivity index (χ2v) is 4.79. The van der Waals surface area contributed by atoms with E-state index in [2.05, 4.69) is 62.4 Å². The molecule has 2 aromatic rings. The van der Waals surface area contributed by atoms with E-state index < -0.39 is 0 Å². The van der Waals surface area contributed by atoms with Gasteiger partial charge in [0.15, 0.2) is 0 Å². The third-order valence-electron chi connectivity index (χ3n) is 3.14. The van der Waals surface area contributed by atoms with Crippen LogP contribution in [0.4, 0.5) is 0 Å². The van der Waals surface area contributed by atoms with Crippen molar-refractivity contribution in [2.75, 3.05) is 13.2 Å². The highest BCUT2D eigenvalue weighted by Crippen LogP contribution is 2.12. The minimum absolute atomic E-state index is 0.125. The zero-order valence-corrected chi connectivity index (χ0v) is 12.7. The van der Waals surface area contributed by atoms with E-state index in [0.717, 1.165) is 0 Å². The molecule has 0 radical (unpaired) electrons. The van der Waals surface area contributed by atoms with E-state index in [1.807, 2.05) is 0 Å². The van der Waals surface area contributed by atoms with Gasteiger partial charge in [-0.3, -0.25) is 0 Å². The molecule has 0 heterocycles. The Bertz CT molecular complexity index is 476. The van der Waals surface area contributed by atoms with E-state index in [9.17, 15) is 0 Å². The SMILES string of the molecule is Cc1ccccc1COCc1ccccc1C.OCCO. The first-order valence-electron chi connectivity index (χ1n) is 7.07. The van der Waals surface area contributed by atoms with E-state index in [1.54, 1.807) is 0 Å². The van der Waals surface area contributed by atoms with Crippen molar-refractivity contribution in [3.8, 4) is 0 Å². The monoisotopic (exact) mass is 288 g/mol. The molecule has 0 saturated carbocycles. The van der Waals surface area contributed by atoms with Crippen molar-refractivity contribution in [3.05, 3.63) is 70.8 Å². The van der Waals surface area contributed by atoms with Gasteiger partial charge < -0.3 is 14.9 Å². The summed E-state index contributed by atoms with van der Waals surface area (Å²) in [6, 6.07) is 16.7. The first-order chi connectivity index (χ1) is 10.2. The van der Waals surface area contributed by atoms with Crippen LogP contribution in [0.5, 0.6) is 0 Å². The number of aryl methyl sites for hydroxylation is 2. The lowest BCUT2D eigenvalue weighted by molar-refractivity contribution is 0.106. The van der Waals surface area contributed by atoms with Crippen LogP contribution in [0, 0.1) is 13.8 Å². The van der Waals surface area contributed by atoms with Gasteiger partial charge in [-0.2, -0.15) is 0 Å². The molecule has 3 nitrogen and oxygen atoms in total. The molecule has 0 aliphatic rings. The van der Waals surface area contributed by atoms with Gasteiger partial charge >= 0.3 is 0 Å². The lowest BCUT2D eigenvalue weighted by atomic mass is 10.1. The van der Waals surface area contributed by atoms with Crippen LogP contribution in [0.2, 0.25) is 0 Å². The van der Waals surface area contributed by atoms with Crippen molar-refractivity contribution in [2.24, 2.45) is 0 Å². The Balaban J connectivity index is 0.000000491. The summed E-state index contributed by atoms with van der Waals surface area (Å²) < 4.78 is 5.77. The van der Waals surface area contributed by atoms with Gasteiger partial charge in [-0.05, 0) is 36.1 Å². The van der Waals surface area contributed by atoms with Gasteiger partial charge in [-0.15, -0.1) is 0 Å². The number of aliphatic hydroxyl groups is 2. The smallest absolute Gasteiger partial charge is 0.0724 e. The summed E-state index contributed by atoms with van der Waals surface area (Å²) in [7, 11) is 0. The lowest BCUT2D eigenvalue weighted by Gasteiger charge is -2.08. The van der Waals surface area contributed by atoms with Crippen LogP contribution in [0.1, 0.15) is 22.3 Å². The van der Waals surface area contributed by atoms with Crippen LogP contribution < -0.4 is 0 Å². The van der Waals surface area contributed by atoms with E-state index in [1.165, 1.54) is 22.3 Å². The number of rotatable bonds is 5. The second kappa shape index (κ2) is 10.1. The van der Waals surface area contributed by atoms with Gasteiger partial charge in [0, 0.05) is 0 Å². The predicted octanol–water partition coefficient (Wildman–Crippen LogP) is 2.99. The number of aliphatic hydroxyl groups excluding tert-OH is 2. The summed E-state index contributed by atoms with van der Waals surface area (Å²) in [6.07, 6.45) is 0. The zero-order chi connectivity index (χ0) is 15.5. The molecule has 2 aromatic carbocycles. The number of benzene rings is 2. The van der Waals surface area contributed by atoms with Gasteiger partial charge in [0.05, 0.1) is 26.4 Å². The van der Waals surface area contributed by atoms with Gasteiger partial charge in [0.1, 0.15) is 0 Å². The summed E-state index contributed by atoms with van der Waals surface area (Å²) in [6.45, 7) is 5.35. The fourth-order valence-electron chi connectivity index (χ4n) is 1.82. The van der Waals surface area contributed by atoms with E-state index in [0.29, 0.717) is 13.2 Å². The van der Waals surface area contributed by atoms with Crippen molar-refractivity contribution < 1.29 is 14.9 Å². The Morgan fingerprint density at radius 3 is 1.43 bits per heavy atom. The van der Waals surface area contributed by atoms with Crippen LogP contribution in [0.25, 0.3) is 0 Å². The molecule has 114 valence electrons. The molecule has 2 rings (SSSR count). The second-order valence-electron chi connectivity index (χ2n) is 4.79. The third kappa shape index (κ3) is 6.54. The molecule has 21 heavy (non-hydrogen) atoms. The summed E-state index contributed by atoms with van der Waals surface area (Å²) in [5, 5.41) is 15.2. The molecule has 0 aliphatic carbocycles. The number of hydrogen-bond donors (Lipinski definition) is 2. The molecule has 0 atom stereocenters. The molecular weight excluding hydrogens is 264 g/mol. The molecule has 0 fully saturated rings. The van der Waals surface area contributed by atoms with Gasteiger partial charge in [-0.25, -0.2) is 0 Å². The molecule has 0 bridgehead atoms. The Labute approximate surface area is 126 Å². The van der Waals surface area contributed by atoms with Gasteiger partial charge in [0.2, 0.25) is 0 Å². The van der Waals surface area contributed by atoms with Crippen molar-refractivity contribution in [1.82, 2.24) is 0 Å². The highest BCUT2D eigenvalue weighted by atomic mass is 16.5. The Hall–Kier alpha value is -1.68. The maximum absolute atomic E-state index is 7.62. The fourth-order valence-corrected chi connectivity index (χ4v) is 1.82. The molecule has 3 heteroatoms. The maximum atomic E-state index is 7.62. The Kier molecular flexibility index (Phi) is 8.36. The first kappa shape index (κ1) is 17.4. The van der Waals surface area contributed by atoms with Crippen molar-refractivity contribution in [3.63, 3.8) is 0 Å². The zero-order valence-electron chi connectivity index (χ0n) is 12.7. The van der Waals surface area contributed by atoms with E-state index in [4.69, 9.17) is 14.9 Å². The minimum Gasteiger partial charge on any atom is -0.394 e. The molecule has 0 aromatic heterocycles. The first-order valence-corrected chi connectivity index (χ1v) is 7.07. The summed E-state index contributed by atoms with van der Waals surface area (Å²) >= 11 is 0. The topological polar surface area (TPSA) is 49.7 Å². The maximum Gasteiger partial charge on any atom is 0.0724 e. The normalized spacial score (nSPS) is 9.90. The van der Waals surface area contributed by atoms with Crippen LogP contribution in [-0.2, 0) is 18.0 Å². The fraction of sp³-hybridized carbons (Fsp3) is 0.333. The average molecular weight is 288 g/mol. The van der Waals surface area contributed by atoms with Crippen LogP contribution >= 0.6 is 0 Å². The van der Waals surface area contributed by atoms with Crippen molar-refractivity contribution >= 4 is 0 Å². The summed E-state index contributed by atoms with van der Waals surface area (Å²) in [5.74, 6) is 0. The molecule has 2 N–H and O–H groups in total. The van der Waals surface area contributed by atoms with Crippen molar-refractivity contribution in [2.45, 2.75) is 27.1 Å². The highest BCUT2D eigenvalue weighted by Gasteiger charge is 1.99. The Morgan fingerprint density at radius 1 is 0.714 bits per heavy atom. The molecule has 0 unspecified atom stereocenters. The molecule has 0 spiro atoms. The van der Waals surface area contributed by atoms with E-state index >= 15 is 0 Å². The van der Waals surface area contributed by atoms with Crippen LogP contribution in [0.15, 0.2) is 48.5 Å². The standard InChI is InChI=1S/C16H18O.C2H6O2/c1-13-7-3-5-9-15(13)11-17-12-16-10-6-4-8-14(16)2;3-1-2-4/h3-10H,11-12H2,1-2H3;3-4H,1-2H2. The average Bonchev–Trinajstić information content (AvgIpc) is 2.51. The lowest BCUT2D eigenvalue weighted by Crippen LogP contribution is -1.97. The largest absolute Gasteiger partial charge is 0.394 e. The number of ether oxygens (including phenoxy) is 1. The Morgan fingerprint density at radius 2 is 1.10 bits per heavy atom. The van der Waals surface area contributed by atoms with Crippen LogP contribution in [-0.4, -0.2) is 23.4 Å². The third-order valence-corrected chi connectivity index (χ3v) is 3.14. The quantitative estimate of drug-likeness (QED) is 0.889. The van der Waals surface area contributed by atoms with Gasteiger partial charge in [0.25, 0.3) is 0 Å². The predicted molar refractivity (Wildman–Crippen MR) is 85.0 cm³/mol. The summed E-state index contributed by atoms with van der Waals surface area (Å²) in [5.41, 5.74) is 5.11. The molecule has 0 amide bonds. The molecule has 0 aliphatic heterocycles. The molecular formula is C18H24O3. The highest BCUT2D eigenvalue weighted by molar-refractivity contribution is 5.26. The molecule has 0 saturated heterocycles. The van der Waals surface area contributed by atoms with Gasteiger partial charge in [-0.1, -0.05) is 48.5 Å². The summed E-state index contributed by atoms with van der Waals surface area (Å²) in [4.78, 5) is 0.